The SMILES string of the molecule is c1ccc(N(c2ccc(-c3ccc4c(ccc5ccc6oc7ccccc7c6c54)c3)cc2)c2ccc3oc4ccccc4c3c2)cc1. The summed E-state index contributed by atoms with van der Waals surface area (Å²) in [5, 5.41) is 9.48. The van der Waals surface area contributed by atoms with Crippen molar-refractivity contribution in [3.05, 3.63) is 164 Å². The third-order valence-electron chi connectivity index (χ3n) is 9.43. The summed E-state index contributed by atoms with van der Waals surface area (Å²) in [4.78, 5) is 2.30. The van der Waals surface area contributed by atoms with Crippen LogP contribution >= 0.6 is 0 Å². The smallest absolute Gasteiger partial charge is 0.136 e. The molecule has 0 N–H and O–H groups in total. The van der Waals surface area contributed by atoms with Crippen LogP contribution < -0.4 is 4.90 Å². The molecule has 47 heavy (non-hydrogen) atoms. The number of nitrogens with zero attached hydrogens (tertiary/aromatic N) is 1. The van der Waals surface area contributed by atoms with E-state index in [1.54, 1.807) is 0 Å². The zero-order valence-electron chi connectivity index (χ0n) is 25.4. The zero-order chi connectivity index (χ0) is 30.9. The molecule has 2 heterocycles. The van der Waals surface area contributed by atoms with E-state index in [2.05, 4.69) is 144 Å². The molecule has 0 fully saturated rings. The normalized spacial score (nSPS) is 11.8. The fraction of sp³-hybridized carbons (Fsp3) is 0. The fourth-order valence-corrected chi connectivity index (χ4v) is 7.23. The van der Waals surface area contributed by atoms with Gasteiger partial charge in [-0.3, -0.25) is 0 Å². The summed E-state index contributed by atoms with van der Waals surface area (Å²) in [7, 11) is 0. The Labute approximate surface area is 270 Å². The first kappa shape index (κ1) is 26.0. The Morgan fingerprint density at radius 2 is 0.915 bits per heavy atom. The molecule has 10 aromatic rings. The van der Waals surface area contributed by atoms with Crippen molar-refractivity contribution in [3.8, 4) is 11.1 Å². The van der Waals surface area contributed by atoms with Crippen molar-refractivity contribution < 1.29 is 8.83 Å². The van der Waals surface area contributed by atoms with Crippen LogP contribution in [-0.2, 0) is 0 Å². The van der Waals surface area contributed by atoms with Crippen LogP contribution in [0.25, 0.3) is 76.5 Å². The predicted molar refractivity (Wildman–Crippen MR) is 196 cm³/mol. The van der Waals surface area contributed by atoms with E-state index in [1.165, 1.54) is 38.1 Å². The van der Waals surface area contributed by atoms with E-state index >= 15 is 0 Å². The van der Waals surface area contributed by atoms with Crippen LogP contribution in [0.3, 0.4) is 0 Å². The van der Waals surface area contributed by atoms with Gasteiger partial charge in [0, 0.05) is 44.0 Å². The molecular formula is C44H27NO2. The molecule has 0 bridgehead atoms. The Kier molecular flexibility index (Phi) is 5.57. The first-order chi connectivity index (χ1) is 23.3. The Balaban J connectivity index is 1.08. The van der Waals surface area contributed by atoms with Crippen molar-refractivity contribution in [1.29, 1.82) is 0 Å². The summed E-state index contributed by atoms with van der Waals surface area (Å²) in [6.45, 7) is 0. The Morgan fingerprint density at radius 3 is 1.77 bits per heavy atom. The lowest BCUT2D eigenvalue weighted by Crippen LogP contribution is -2.09. The second kappa shape index (κ2) is 10.1. The molecule has 0 aliphatic carbocycles. The highest BCUT2D eigenvalue weighted by molar-refractivity contribution is 6.26. The molecule has 0 unspecified atom stereocenters. The van der Waals surface area contributed by atoms with Crippen molar-refractivity contribution in [2.45, 2.75) is 0 Å². The molecule has 220 valence electrons. The van der Waals surface area contributed by atoms with E-state index in [0.717, 1.165) is 55.6 Å². The number of benzene rings is 8. The number of rotatable bonds is 4. The van der Waals surface area contributed by atoms with Crippen LogP contribution in [0.2, 0.25) is 0 Å². The van der Waals surface area contributed by atoms with Crippen LogP contribution in [0.4, 0.5) is 17.1 Å². The van der Waals surface area contributed by atoms with Gasteiger partial charge in [-0.1, -0.05) is 97.1 Å². The maximum atomic E-state index is 6.22. The summed E-state index contributed by atoms with van der Waals surface area (Å²) >= 11 is 0. The van der Waals surface area contributed by atoms with Crippen molar-refractivity contribution in [1.82, 2.24) is 0 Å². The largest absolute Gasteiger partial charge is 0.456 e. The van der Waals surface area contributed by atoms with E-state index in [-0.39, 0.29) is 0 Å². The fourth-order valence-electron chi connectivity index (χ4n) is 7.23. The van der Waals surface area contributed by atoms with Crippen LogP contribution in [-0.4, -0.2) is 0 Å². The van der Waals surface area contributed by atoms with E-state index in [1.807, 2.05) is 24.3 Å². The van der Waals surface area contributed by atoms with Crippen LogP contribution in [0.1, 0.15) is 0 Å². The first-order valence-corrected chi connectivity index (χ1v) is 15.9. The monoisotopic (exact) mass is 601 g/mol. The van der Waals surface area contributed by atoms with Gasteiger partial charge >= 0.3 is 0 Å². The standard InChI is InChI=1S/C44H27NO2/c1-2-8-32(9-3-1)45(34-22-25-41-38(27-34)36-10-4-6-12-39(36)46-41)33-20-16-28(17-21-33)30-18-23-35-31(26-30)15-14-29-19-24-42-44(43(29)35)37-11-5-7-13-40(37)47-42/h1-27H. The van der Waals surface area contributed by atoms with E-state index in [9.17, 15) is 0 Å². The third kappa shape index (κ3) is 4.07. The molecule has 0 aliphatic heterocycles. The first-order valence-electron chi connectivity index (χ1n) is 15.9. The molecule has 0 saturated carbocycles. The molecule has 8 aromatic carbocycles. The van der Waals surface area contributed by atoms with Crippen molar-refractivity contribution in [2.75, 3.05) is 4.90 Å². The summed E-state index contributed by atoms with van der Waals surface area (Å²) in [5.74, 6) is 0. The average Bonchev–Trinajstić information content (AvgIpc) is 3.70. The van der Waals surface area contributed by atoms with Gasteiger partial charge < -0.3 is 13.7 Å². The van der Waals surface area contributed by atoms with Gasteiger partial charge in [0.2, 0.25) is 0 Å². The topological polar surface area (TPSA) is 29.5 Å². The maximum absolute atomic E-state index is 6.22. The quantitative estimate of drug-likeness (QED) is 0.188. The Hall–Kier alpha value is -6.32. The maximum Gasteiger partial charge on any atom is 0.136 e. The van der Waals surface area contributed by atoms with Crippen molar-refractivity contribution >= 4 is 82.5 Å². The highest BCUT2D eigenvalue weighted by Gasteiger charge is 2.16. The molecular weight excluding hydrogens is 574 g/mol. The van der Waals surface area contributed by atoms with Crippen LogP contribution in [0.15, 0.2) is 173 Å². The number of anilines is 3. The van der Waals surface area contributed by atoms with Crippen molar-refractivity contribution in [3.63, 3.8) is 0 Å². The average molecular weight is 602 g/mol. The molecule has 10 rings (SSSR count). The molecule has 0 spiro atoms. The van der Waals surface area contributed by atoms with Gasteiger partial charge in [-0.05, 0) is 94.0 Å². The number of hydrogen-bond donors (Lipinski definition) is 0. The summed E-state index contributed by atoms with van der Waals surface area (Å²) in [6, 6.07) is 57.9. The van der Waals surface area contributed by atoms with E-state index in [0.29, 0.717) is 0 Å². The molecule has 0 radical (unpaired) electrons. The molecule has 3 nitrogen and oxygen atoms in total. The van der Waals surface area contributed by atoms with Gasteiger partial charge in [-0.15, -0.1) is 0 Å². The third-order valence-corrected chi connectivity index (χ3v) is 9.43. The molecule has 0 amide bonds. The van der Waals surface area contributed by atoms with Gasteiger partial charge in [0.15, 0.2) is 0 Å². The van der Waals surface area contributed by atoms with Crippen LogP contribution in [0, 0.1) is 0 Å². The van der Waals surface area contributed by atoms with E-state index < -0.39 is 0 Å². The Morgan fingerprint density at radius 1 is 0.319 bits per heavy atom. The molecule has 3 heteroatoms. The lowest BCUT2D eigenvalue weighted by atomic mass is 9.95. The molecule has 0 saturated heterocycles. The summed E-state index contributed by atoms with van der Waals surface area (Å²) in [5.41, 5.74) is 9.28. The van der Waals surface area contributed by atoms with Gasteiger partial charge in [-0.2, -0.15) is 0 Å². The highest BCUT2D eigenvalue weighted by atomic mass is 16.3. The number of hydrogen-bond acceptors (Lipinski definition) is 3. The van der Waals surface area contributed by atoms with E-state index in [4.69, 9.17) is 8.83 Å². The minimum Gasteiger partial charge on any atom is -0.456 e. The summed E-state index contributed by atoms with van der Waals surface area (Å²) < 4.78 is 12.4. The highest BCUT2D eigenvalue weighted by Crippen LogP contribution is 2.41. The van der Waals surface area contributed by atoms with Gasteiger partial charge in [0.05, 0.1) is 0 Å². The lowest BCUT2D eigenvalue weighted by molar-refractivity contribution is 0.668. The van der Waals surface area contributed by atoms with Gasteiger partial charge in [0.1, 0.15) is 22.3 Å². The number of furan rings is 2. The van der Waals surface area contributed by atoms with Crippen LogP contribution in [0.5, 0.6) is 0 Å². The summed E-state index contributed by atoms with van der Waals surface area (Å²) in [6.07, 6.45) is 0. The number of fused-ring (bicyclic) bond motifs is 10. The molecule has 0 atom stereocenters. The van der Waals surface area contributed by atoms with Gasteiger partial charge in [-0.25, -0.2) is 0 Å². The lowest BCUT2D eigenvalue weighted by Gasteiger charge is -2.25. The molecule has 0 aliphatic rings. The number of para-hydroxylation sites is 3. The van der Waals surface area contributed by atoms with Gasteiger partial charge in [0.25, 0.3) is 0 Å². The second-order valence-electron chi connectivity index (χ2n) is 12.1. The zero-order valence-corrected chi connectivity index (χ0v) is 25.4. The Bertz CT molecular complexity index is 2790. The van der Waals surface area contributed by atoms with Crippen molar-refractivity contribution in [2.24, 2.45) is 0 Å². The second-order valence-corrected chi connectivity index (χ2v) is 12.1. The molecule has 2 aromatic heterocycles. The minimum atomic E-state index is 0.893. The minimum absolute atomic E-state index is 0.893. The predicted octanol–water partition coefficient (Wildman–Crippen LogP) is 12.9.